The zero-order valence-electron chi connectivity index (χ0n) is 9.56. The molecule has 0 radical (unpaired) electrons. The predicted octanol–water partition coefficient (Wildman–Crippen LogP) is 1.58. The Morgan fingerprint density at radius 3 is 2.44 bits per heavy atom. The fourth-order valence-corrected chi connectivity index (χ4v) is 2.82. The van der Waals surface area contributed by atoms with Gasteiger partial charge >= 0.3 is 6.09 Å². The minimum absolute atomic E-state index is 0.0143. The first-order chi connectivity index (χ1) is 8.49. The predicted molar refractivity (Wildman–Crippen MR) is 65.9 cm³/mol. The van der Waals surface area contributed by atoms with E-state index in [4.69, 9.17) is 5.11 Å². The Bertz CT molecular complexity index is 559. The highest BCUT2D eigenvalue weighted by molar-refractivity contribution is 7.94. The number of likely N-dealkylation sites (tertiary alicyclic amines) is 1. The molecule has 0 atom stereocenters. The SMILES string of the molecule is O=C(O)N1CC(/C=C/S(=O)(=O)c2ccccc2)C1. The maximum absolute atomic E-state index is 11.9. The molecule has 1 aliphatic heterocycles. The van der Waals surface area contributed by atoms with Crippen LogP contribution in [0.4, 0.5) is 4.79 Å². The van der Waals surface area contributed by atoms with E-state index in [9.17, 15) is 13.2 Å². The van der Waals surface area contributed by atoms with Crippen molar-refractivity contribution in [3.8, 4) is 0 Å². The molecular weight excluding hydrogens is 254 g/mol. The molecule has 0 aromatic heterocycles. The molecule has 1 fully saturated rings. The summed E-state index contributed by atoms with van der Waals surface area (Å²) in [7, 11) is -3.42. The highest BCUT2D eigenvalue weighted by Gasteiger charge is 2.28. The van der Waals surface area contributed by atoms with Crippen LogP contribution >= 0.6 is 0 Å². The van der Waals surface area contributed by atoms with Gasteiger partial charge in [0.2, 0.25) is 0 Å². The molecule has 2 rings (SSSR count). The zero-order valence-corrected chi connectivity index (χ0v) is 10.4. The van der Waals surface area contributed by atoms with Crippen LogP contribution in [0.15, 0.2) is 46.7 Å². The van der Waals surface area contributed by atoms with Gasteiger partial charge in [-0.2, -0.15) is 0 Å². The Morgan fingerprint density at radius 2 is 1.89 bits per heavy atom. The quantitative estimate of drug-likeness (QED) is 0.902. The topological polar surface area (TPSA) is 74.7 Å². The monoisotopic (exact) mass is 267 g/mol. The van der Waals surface area contributed by atoms with E-state index in [0.29, 0.717) is 13.1 Å². The normalized spacial score (nSPS) is 16.8. The number of benzene rings is 1. The molecule has 1 heterocycles. The van der Waals surface area contributed by atoms with Crippen LogP contribution in [0.5, 0.6) is 0 Å². The van der Waals surface area contributed by atoms with Crippen molar-refractivity contribution in [2.45, 2.75) is 4.90 Å². The Morgan fingerprint density at radius 1 is 1.28 bits per heavy atom. The lowest BCUT2D eigenvalue weighted by molar-refractivity contribution is 0.0974. The first kappa shape index (κ1) is 12.6. The van der Waals surface area contributed by atoms with Crippen LogP contribution in [0.25, 0.3) is 0 Å². The number of hydrogen-bond acceptors (Lipinski definition) is 3. The van der Waals surface area contributed by atoms with Crippen LogP contribution in [0, 0.1) is 5.92 Å². The standard InChI is InChI=1S/C12H13NO4S/c14-12(15)13-8-10(9-13)6-7-18(16,17)11-4-2-1-3-5-11/h1-7,10H,8-9H2,(H,14,15)/b7-6+. The first-order valence-electron chi connectivity index (χ1n) is 5.45. The number of sulfone groups is 1. The molecule has 0 aliphatic carbocycles. The summed E-state index contributed by atoms with van der Waals surface area (Å²) >= 11 is 0. The second-order valence-electron chi connectivity index (χ2n) is 4.13. The van der Waals surface area contributed by atoms with Gasteiger partial charge in [0.05, 0.1) is 4.90 Å². The number of carbonyl (C=O) groups is 1. The zero-order chi connectivity index (χ0) is 13.2. The van der Waals surface area contributed by atoms with Gasteiger partial charge in [-0.25, -0.2) is 13.2 Å². The third-order valence-corrected chi connectivity index (χ3v) is 4.23. The molecule has 18 heavy (non-hydrogen) atoms. The molecule has 5 nitrogen and oxygen atoms in total. The first-order valence-corrected chi connectivity index (χ1v) is 7.00. The largest absolute Gasteiger partial charge is 0.465 e. The van der Waals surface area contributed by atoms with Crippen LogP contribution in [0.1, 0.15) is 0 Å². The van der Waals surface area contributed by atoms with Crippen molar-refractivity contribution in [2.24, 2.45) is 5.92 Å². The van der Waals surface area contributed by atoms with E-state index < -0.39 is 15.9 Å². The third kappa shape index (κ3) is 2.70. The van der Waals surface area contributed by atoms with Crippen LogP contribution in [0.2, 0.25) is 0 Å². The molecule has 0 spiro atoms. The van der Waals surface area contributed by atoms with Gasteiger partial charge in [-0.1, -0.05) is 24.3 Å². The molecular formula is C12H13NO4S. The van der Waals surface area contributed by atoms with Crippen molar-refractivity contribution >= 4 is 15.9 Å². The summed E-state index contributed by atoms with van der Waals surface area (Å²) in [5.74, 6) is -0.0143. The van der Waals surface area contributed by atoms with E-state index >= 15 is 0 Å². The summed E-state index contributed by atoms with van der Waals surface area (Å²) in [4.78, 5) is 12.0. The third-order valence-electron chi connectivity index (χ3n) is 2.78. The number of carboxylic acid groups (broad SMARTS) is 1. The summed E-state index contributed by atoms with van der Waals surface area (Å²) < 4.78 is 23.8. The van der Waals surface area contributed by atoms with E-state index in [1.807, 2.05) is 0 Å². The Balaban J connectivity index is 2.00. The second kappa shape index (κ2) is 4.81. The average molecular weight is 267 g/mol. The molecule has 1 aliphatic rings. The van der Waals surface area contributed by atoms with Gasteiger partial charge in [0.15, 0.2) is 9.84 Å². The van der Waals surface area contributed by atoms with E-state index in [1.54, 1.807) is 24.3 Å². The molecule has 0 bridgehead atoms. The average Bonchev–Trinajstić information content (AvgIpc) is 2.27. The lowest BCUT2D eigenvalue weighted by Gasteiger charge is -2.35. The molecule has 1 amide bonds. The minimum Gasteiger partial charge on any atom is -0.465 e. The molecule has 0 saturated carbocycles. The van der Waals surface area contributed by atoms with E-state index in [2.05, 4.69) is 0 Å². The van der Waals surface area contributed by atoms with Crippen molar-refractivity contribution in [2.75, 3.05) is 13.1 Å². The summed E-state index contributed by atoms with van der Waals surface area (Å²) in [5, 5.41) is 9.80. The summed E-state index contributed by atoms with van der Waals surface area (Å²) in [6, 6.07) is 8.14. The van der Waals surface area contributed by atoms with Crippen molar-refractivity contribution in [1.29, 1.82) is 0 Å². The van der Waals surface area contributed by atoms with Crippen LogP contribution in [-0.2, 0) is 9.84 Å². The molecule has 1 N–H and O–H groups in total. The van der Waals surface area contributed by atoms with Gasteiger partial charge in [0.1, 0.15) is 0 Å². The fraction of sp³-hybridized carbons (Fsp3) is 0.250. The Labute approximate surface area is 105 Å². The molecule has 96 valence electrons. The van der Waals surface area contributed by atoms with E-state index in [1.165, 1.54) is 17.0 Å². The maximum atomic E-state index is 11.9. The van der Waals surface area contributed by atoms with Crippen molar-refractivity contribution < 1.29 is 18.3 Å². The van der Waals surface area contributed by atoms with Gasteiger partial charge < -0.3 is 10.0 Å². The van der Waals surface area contributed by atoms with Gasteiger partial charge in [-0.15, -0.1) is 0 Å². The fourth-order valence-electron chi connectivity index (χ4n) is 1.69. The van der Waals surface area contributed by atoms with Gasteiger partial charge in [0.25, 0.3) is 0 Å². The van der Waals surface area contributed by atoms with E-state index in [0.717, 1.165) is 5.41 Å². The lowest BCUT2D eigenvalue weighted by atomic mass is 10.0. The number of hydrogen-bond donors (Lipinski definition) is 1. The van der Waals surface area contributed by atoms with Crippen LogP contribution in [-0.4, -0.2) is 37.6 Å². The summed E-state index contributed by atoms with van der Waals surface area (Å²) in [6.07, 6.45) is 0.590. The number of amides is 1. The highest BCUT2D eigenvalue weighted by Crippen LogP contribution is 2.19. The number of nitrogens with zero attached hydrogens (tertiary/aromatic N) is 1. The number of rotatable bonds is 3. The summed E-state index contributed by atoms with van der Waals surface area (Å²) in [5.41, 5.74) is 0. The molecule has 1 saturated heterocycles. The smallest absolute Gasteiger partial charge is 0.407 e. The lowest BCUT2D eigenvalue weighted by Crippen LogP contribution is -2.48. The van der Waals surface area contributed by atoms with Crippen molar-refractivity contribution in [3.05, 3.63) is 41.8 Å². The molecule has 6 heteroatoms. The van der Waals surface area contributed by atoms with Crippen LogP contribution < -0.4 is 0 Å². The molecule has 0 unspecified atom stereocenters. The van der Waals surface area contributed by atoms with Gasteiger partial charge in [-0.05, 0) is 12.1 Å². The Hall–Kier alpha value is -1.82. The van der Waals surface area contributed by atoms with Gasteiger partial charge in [-0.3, -0.25) is 0 Å². The summed E-state index contributed by atoms with van der Waals surface area (Å²) in [6.45, 7) is 0.715. The Kier molecular flexibility index (Phi) is 3.38. The van der Waals surface area contributed by atoms with Crippen molar-refractivity contribution in [3.63, 3.8) is 0 Å². The minimum atomic E-state index is -3.42. The molecule has 1 aromatic rings. The van der Waals surface area contributed by atoms with E-state index in [-0.39, 0.29) is 10.8 Å². The van der Waals surface area contributed by atoms with Gasteiger partial charge in [0, 0.05) is 24.4 Å². The van der Waals surface area contributed by atoms with Crippen LogP contribution in [0.3, 0.4) is 0 Å². The second-order valence-corrected chi connectivity index (χ2v) is 5.97. The molecule has 1 aromatic carbocycles. The van der Waals surface area contributed by atoms with Crippen molar-refractivity contribution in [1.82, 2.24) is 4.90 Å². The highest BCUT2D eigenvalue weighted by atomic mass is 32.2. The maximum Gasteiger partial charge on any atom is 0.407 e.